The number of carbonyl (C=O) groups is 2. The van der Waals surface area contributed by atoms with Crippen molar-refractivity contribution in [2.45, 2.75) is 0 Å². The number of guanidine groups is 1. The number of aldehydes is 1. The van der Waals surface area contributed by atoms with E-state index >= 15 is 0 Å². The normalized spacial score (nSPS) is 16.6. The smallest absolute Gasteiger partial charge is 0.279 e. The predicted octanol–water partition coefficient (Wildman–Crippen LogP) is 0.831. The van der Waals surface area contributed by atoms with Crippen LogP contribution in [0.5, 0.6) is 5.75 Å². The van der Waals surface area contributed by atoms with E-state index in [9.17, 15) is 14.7 Å². The Bertz CT molecular complexity index is 588. The summed E-state index contributed by atoms with van der Waals surface area (Å²) in [7, 11) is 0. The van der Waals surface area contributed by atoms with Gasteiger partial charge >= 0.3 is 0 Å². The number of aromatic hydroxyl groups is 1. The lowest BCUT2D eigenvalue weighted by Crippen LogP contribution is -2.32. The second kappa shape index (κ2) is 5.26. The highest BCUT2D eigenvalue weighted by Crippen LogP contribution is 2.19. The van der Waals surface area contributed by atoms with Gasteiger partial charge in [0, 0.05) is 0 Å². The first-order chi connectivity index (χ1) is 9.15. The molecule has 1 N–H and O–H groups in total. The molecule has 0 radical (unpaired) electrons. The van der Waals surface area contributed by atoms with Crippen LogP contribution in [-0.2, 0) is 9.59 Å². The molecule has 1 amide bonds. The fourth-order valence-electron chi connectivity index (χ4n) is 1.63. The maximum Gasteiger partial charge on any atom is 0.279 e. The SMILES string of the molecule is C=NC1=NC(=Cc2ccc(O)cc2)C(=O)N1CC=O. The minimum Gasteiger partial charge on any atom is -0.508 e. The molecule has 0 atom stereocenters. The van der Waals surface area contributed by atoms with Gasteiger partial charge in [0.15, 0.2) is 0 Å². The summed E-state index contributed by atoms with van der Waals surface area (Å²) in [4.78, 5) is 31.3. The predicted molar refractivity (Wildman–Crippen MR) is 70.8 cm³/mol. The van der Waals surface area contributed by atoms with Gasteiger partial charge in [0.05, 0.1) is 6.54 Å². The Labute approximate surface area is 109 Å². The lowest BCUT2D eigenvalue weighted by atomic mass is 10.2. The fraction of sp³-hybridized carbons (Fsp3) is 0.0769. The van der Waals surface area contributed by atoms with Crippen molar-refractivity contribution in [3.63, 3.8) is 0 Å². The molecule has 6 nitrogen and oxygen atoms in total. The van der Waals surface area contributed by atoms with Gasteiger partial charge < -0.3 is 9.90 Å². The van der Waals surface area contributed by atoms with E-state index in [2.05, 4.69) is 16.7 Å². The molecule has 0 unspecified atom stereocenters. The number of rotatable bonds is 3. The Hall–Kier alpha value is -2.76. The highest BCUT2D eigenvalue weighted by atomic mass is 16.3. The van der Waals surface area contributed by atoms with Gasteiger partial charge in [0.2, 0.25) is 5.96 Å². The van der Waals surface area contributed by atoms with Crippen molar-refractivity contribution in [2.75, 3.05) is 6.54 Å². The number of aliphatic imine (C=N–C) groups is 2. The third kappa shape index (κ3) is 2.57. The van der Waals surface area contributed by atoms with Crippen LogP contribution < -0.4 is 0 Å². The average Bonchev–Trinajstić information content (AvgIpc) is 2.70. The van der Waals surface area contributed by atoms with Crippen LogP contribution in [0.2, 0.25) is 0 Å². The number of amides is 1. The molecule has 1 heterocycles. The zero-order valence-corrected chi connectivity index (χ0v) is 9.98. The van der Waals surface area contributed by atoms with Crippen molar-refractivity contribution in [1.82, 2.24) is 4.90 Å². The van der Waals surface area contributed by atoms with Crippen LogP contribution in [0.1, 0.15) is 5.56 Å². The summed E-state index contributed by atoms with van der Waals surface area (Å²) >= 11 is 0. The van der Waals surface area contributed by atoms with Crippen LogP contribution in [-0.4, -0.2) is 41.4 Å². The zero-order valence-electron chi connectivity index (χ0n) is 9.98. The van der Waals surface area contributed by atoms with Gasteiger partial charge in [-0.2, -0.15) is 0 Å². The molecule has 1 aromatic carbocycles. The maximum atomic E-state index is 12.0. The molecule has 1 aliphatic heterocycles. The lowest BCUT2D eigenvalue weighted by molar-refractivity contribution is -0.124. The minimum absolute atomic E-state index is 0.108. The summed E-state index contributed by atoms with van der Waals surface area (Å²) < 4.78 is 0. The summed E-state index contributed by atoms with van der Waals surface area (Å²) in [6, 6.07) is 6.31. The lowest BCUT2D eigenvalue weighted by Gasteiger charge is -2.10. The summed E-state index contributed by atoms with van der Waals surface area (Å²) in [5.74, 6) is -0.149. The highest BCUT2D eigenvalue weighted by Gasteiger charge is 2.29. The van der Waals surface area contributed by atoms with Gasteiger partial charge in [0.25, 0.3) is 5.91 Å². The Balaban J connectivity index is 2.33. The van der Waals surface area contributed by atoms with Crippen molar-refractivity contribution < 1.29 is 14.7 Å². The van der Waals surface area contributed by atoms with E-state index in [0.717, 1.165) is 4.90 Å². The molecule has 0 aromatic heterocycles. The van der Waals surface area contributed by atoms with Crippen LogP contribution in [0.15, 0.2) is 39.9 Å². The van der Waals surface area contributed by atoms with E-state index in [-0.39, 0.29) is 24.0 Å². The largest absolute Gasteiger partial charge is 0.508 e. The number of hydrogen-bond acceptors (Lipinski definition) is 5. The molecule has 1 aromatic rings. The Morgan fingerprint density at radius 2 is 2.05 bits per heavy atom. The van der Waals surface area contributed by atoms with Crippen LogP contribution in [0.4, 0.5) is 0 Å². The van der Waals surface area contributed by atoms with E-state index in [1.165, 1.54) is 12.1 Å². The quantitative estimate of drug-likeness (QED) is 0.494. The van der Waals surface area contributed by atoms with Crippen LogP contribution in [0.3, 0.4) is 0 Å². The fourth-order valence-corrected chi connectivity index (χ4v) is 1.63. The number of nitrogens with zero attached hydrogens (tertiary/aromatic N) is 3. The summed E-state index contributed by atoms with van der Waals surface area (Å²) in [5.41, 5.74) is 0.885. The summed E-state index contributed by atoms with van der Waals surface area (Å²) in [6.45, 7) is 3.20. The van der Waals surface area contributed by atoms with Gasteiger partial charge in [-0.25, -0.2) is 9.98 Å². The van der Waals surface area contributed by atoms with Crippen molar-refractivity contribution >= 4 is 30.9 Å². The monoisotopic (exact) mass is 257 g/mol. The summed E-state index contributed by atoms with van der Waals surface area (Å²) in [5, 5.41) is 9.18. The molecular formula is C13H11N3O3. The first-order valence-corrected chi connectivity index (χ1v) is 5.47. The molecule has 0 saturated heterocycles. The van der Waals surface area contributed by atoms with E-state index in [0.29, 0.717) is 11.8 Å². The number of phenolic OH excluding ortho intramolecular Hbond substituents is 1. The molecule has 96 valence electrons. The van der Waals surface area contributed by atoms with Crippen LogP contribution in [0, 0.1) is 0 Å². The van der Waals surface area contributed by atoms with Gasteiger partial charge in [-0.05, 0) is 30.5 Å². The van der Waals surface area contributed by atoms with E-state index < -0.39 is 5.91 Å². The third-order valence-corrected chi connectivity index (χ3v) is 2.52. The molecule has 1 aliphatic rings. The first-order valence-electron chi connectivity index (χ1n) is 5.47. The Kier molecular flexibility index (Phi) is 3.51. The molecule has 0 spiro atoms. The topological polar surface area (TPSA) is 82.3 Å². The average molecular weight is 257 g/mol. The van der Waals surface area contributed by atoms with Gasteiger partial charge in [-0.15, -0.1) is 0 Å². The first kappa shape index (κ1) is 12.7. The number of carbonyl (C=O) groups excluding carboxylic acids is 2. The van der Waals surface area contributed by atoms with Crippen molar-refractivity contribution in [2.24, 2.45) is 9.98 Å². The molecule has 6 heteroatoms. The number of hydrogen-bond donors (Lipinski definition) is 1. The van der Waals surface area contributed by atoms with E-state index in [4.69, 9.17) is 0 Å². The molecule has 2 rings (SSSR count). The molecular weight excluding hydrogens is 246 g/mol. The molecule has 0 saturated carbocycles. The van der Waals surface area contributed by atoms with E-state index in [1.54, 1.807) is 18.2 Å². The molecule has 0 bridgehead atoms. The second-order valence-electron chi connectivity index (χ2n) is 3.77. The zero-order chi connectivity index (χ0) is 13.8. The highest BCUT2D eigenvalue weighted by molar-refractivity contribution is 6.15. The van der Waals surface area contributed by atoms with Gasteiger partial charge in [0.1, 0.15) is 17.7 Å². The minimum atomic E-state index is -0.400. The maximum absolute atomic E-state index is 12.0. The van der Waals surface area contributed by atoms with Crippen molar-refractivity contribution in [3.05, 3.63) is 35.5 Å². The molecule has 0 aliphatic carbocycles. The van der Waals surface area contributed by atoms with Crippen LogP contribution in [0.25, 0.3) is 6.08 Å². The van der Waals surface area contributed by atoms with E-state index in [1.807, 2.05) is 0 Å². The summed E-state index contributed by atoms with van der Waals surface area (Å²) in [6.07, 6.45) is 2.15. The Morgan fingerprint density at radius 1 is 1.37 bits per heavy atom. The number of benzene rings is 1. The van der Waals surface area contributed by atoms with Crippen molar-refractivity contribution in [3.8, 4) is 5.75 Å². The molecule has 0 fully saturated rings. The van der Waals surface area contributed by atoms with Crippen molar-refractivity contribution in [1.29, 1.82) is 0 Å². The standard InChI is InChI=1S/C13H11N3O3/c1-14-13-15-11(12(19)16(13)6-7-17)8-9-2-4-10(18)5-3-9/h2-5,7-8,18H,1,6H2. The Morgan fingerprint density at radius 3 is 2.63 bits per heavy atom. The third-order valence-electron chi connectivity index (χ3n) is 2.52. The molecule has 19 heavy (non-hydrogen) atoms. The van der Waals surface area contributed by atoms with Gasteiger partial charge in [-0.3, -0.25) is 9.69 Å². The van der Waals surface area contributed by atoms with Crippen LogP contribution >= 0.6 is 0 Å². The van der Waals surface area contributed by atoms with Gasteiger partial charge in [-0.1, -0.05) is 12.1 Å². The second-order valence-corrected chi connectivity index (χ2v) is 3.77. The number of phenols is 1.